The molecule has 2 aliphatic rings. The van der Waals surface area contributed by atoms with E-state index < -0.39 is 5.82 Å². The number of halogens is 1. The van der Waals surface area contributed by atoms with E-state index in [4.69, 9.17) is 5.73 Å². The zero-order valence-corrected chi connectivity index (χ0v) is 10.9. The lowest BCUT2D eigenvalue weighted by atomic mass is 9.85. The summed E-state index contributed by atoms with van der Waals surface area (Å²) in [6.45, 7) is 0.752. The summed E-state index contributed by atoms with van der Waals surface area (Å²) in [7, 11) is 0. The van der Waals surface area contributed by atoms with E-state index in [0.717, 1.165) is 19.4 Å². The van der Waals surface area contributed by atoms with Crippen molar-refractivity contribution in [1.82, 2.24) is 4.90 Å². The van der Waals surface area contributed by atoms with Gasteiger partial charge in [0.2, 0.25) is 0 Å². The molecule has 1 amide bonds. The summed E-state index contributed by atoms with van der Waals surface area (Å²) in [4.78, 5) is 14.4. The lowest BCUT2D eigenvalue weighted by Crippen LogP contribution is -2.39. The average Bonchev–Trinajstić information content (AvgIpc) is 2.84. The summed E-state index contributed by atoms with van der Waals surface area (Å²) in [5.41, 5.74) is 6.21. The molecule has 2 unspecified atom stereocenters. The molecule has 1 aromatic carbocycles. The number of benzene rings is 1. The number of carbonyl (C=O) groups excluding carboxylic acids is 1. The van der Waals surface area contributed by atoms with Crippen LogP contribution in [0.4, 0.5) is 10.1 Å². The van der Waals surface area contributed by atoms with Gasteiger partial charge in [0, 0.05) is 18.3 Å². The highest BCUT2D eigenvalue weighted by Gasteiger charge is 2.38. The predicted molar refractivity (Wildman–Crippen MR) is 72.2 cm³/mol. The van der Waals surface area contributed by atoms with Crippen LogP contribution in [-0.4, -0.2) is 23.4 Å². The smallest absolute Gasteiger partial charge is 0.257 e. The first kappa shape index (κ1) is 12.5. The second-order valence-electron chi connectivity index (χ2n) is 5.64. The number of anilines is 1. The number of carbonyl (C=O) groups is 1. The number of nitrogen functional groups attached to an aromatic ring is 1. The molecule has 1 aromatic rings. The largest absolute Gasteiger partial charge is 0.399 e. The van der Waals surface area contributed by atoms with E-state index in [1.165, 1.54) is 37.5 Å². The van der Waals surface area contributed by atoms with Crippen LogP contribution in [0.1, 0.15) is 42.5 Å². The van der Waals surface area contributed by atoms with Crippen molar-refractivity contribution in [3.05, 3.63) is 29.6 Å². The van der Waals surface area contributed by atoms with Gasteiger partial charge < -0.3 is 10.6 Å². The maximum absolute atomic E-state index is 13.8. The van der Waals surface area contributed by atoms with Crippen LogP contribution < -0.4 is 5.73 Å². The lowest BCUT2D eigenvalue weighted by Gasteiger charge is -2.31. The Morgan fingerprint density at radius 3 is 2.89 bits per heavy atom. The number of nitrogens with two attached hydrogens (primary N) is 1. The highest BCUT2D eigenvalue weighted by Crippen LogP contribution is 2.37. The van der Waals surface area contributed by atoms with Crippen LogP contribution in [0.25, 0.3) is 0 Å². The van der Waals surface area contributed by atoms with Crippen LogP contribution in [-0.2, 0) is 0 Å². The van der Waals surface area contributed by atoms with Crippen LogP contribution in [0.2, 0.25) is 0 Å². The molecule has 2 fully saturated rings. The summed E-state index contributed by atoms with van der Waals surface area (Å²) >= 11 is 0. The standard InChI is InChI=1S/C15H19FN2O/c16-13-6-5-11(17)9-12(13)15(19)18-8-7-10-3-1-2-4-14(10)18/h5-6,9-10,14H,1-4,7-8,17H2. The molecule has 3 nitrogen and oxygen atoms in total. The second kappa shape index (κ2) is 4.83. The SMILES string of the molecule is Nc1ccc(F)c(C(=O)N2CCC3CCCCC32)c1. The molecule has 1 heterocycles. The Labute approximate surface area is 112 Å². The third-order valence-electron chi connectivity index (χ3n) is 4.49. The van der Waals surface area contributed by atoms with Crippen molar-refractivity contribution in [3.8, 4) is 0 Å². The first-order valence-corrected chi connectivity index (χ1v) is 7.03. The Morgan fingerprint density at radius 2 is 2.05 bits per heavy atom. The normalized spacial score (nSPS) is 26.3. The van der Waals surface area contributed by atoms with Crippen molar-refractivity contribution in [2.45, 2.75) is 38.1 Å². The Kier molecular flexibility index (Phi) is 3.17. The van der Waals surface area contributed by atoms with Gasteiger partial charge in [-0.05, 0) is 43.4 Å². The molecule has 1 saturated carbocycles. The van der Waals surface area contributed by atoms with Crippen molar-refractivity contribution >= 4 is 11.6 Å². The van der Waals surface area contributed by atoms with E-state index in [1.807, 2.05) is 4.90 Å². The Balaban J connectivity index is 1.85. The summed E-state index contributed by atoms with van der Waals surface area (Å²) in [6.07, 6.45) is 5.74. The fraction of sp³-hybridized carbons (Fsp3) is 0.533. The van der Waals surface area contributed by atoms with Crippen molar-refractivity contribution < 1.29 is 9.18 Å². The molecule has 1 saturated heterocycles. The van der Waals surface area contributed by atoms with Crippen molar-refractivity contribution in [1.29, 1.82) is 0 Å². The third kappa shape index (κ3) is 2.20. The van der Waals surface area contributed by atoms with Gasteiger partial charge in [0.25, 0.3) is 5.91 Å². The Hall–Kier alpha value is -1.58. The molecule has 0 bridgehead atoms. The predicted octanol–water partition coefficient (Wildman–Crippen LogP) is 2.81. The summed E-state index contributed by atoms with van der Waals surface area (Å²) < 4.78 is 13.8. The topological polar surface area (TPSA) is 46.3 Å². The highest BCUT2D eigenvalue weighted by molar-refractivity contribution is 5.95. The lowest BCUT2D eigenvalue weighted by molar-refractivity contribution is 0.0685. The van der Waals surface area contributed by atoms with Crippen molar-refractivity contribution in [2.75, 3.05) is 12.3 Å². The van der Waals surface area contributed by atoms with Gasteiger partial charge in [-0.2, -0.15) is 0 Å². The zero-order valence-electron chi connectivity index (χ0n) is 10.9. The van der Waals surface area contributed by atoms with Gasteiger partial charge in [-0.1, -0.05) is 12.8 Å². The number of amides is 1. The van der Waals surface area contributed by atoms with Crippen LogP contribution >= 0.6 is 0 Å². The second-order valence-corrected chi connectivity index (χ2v) is 5.64. The van der Waals surface area contributed by atoms with Gasteiger partial charge >= 0.3 is 0 Å². The summed E-state index contributed by atoms with van der Waals surface area (Å²) in [5, 5.41) is 0. The van der Waals surface area contributed by atoms with Crippen molar-refractivity contribution in [2.24, 2.45) is 5.92 Å². The fourth-order valence-corrected chi connectivity index (χ4v) is 3.52. The molecule has 1 aliphatic heterocycles. The Bertz CT molecular complexity index is 503. The van der Waals surface area contributed by atoms with Gasteiger partial charge in [-0.25, -0.2) is 4.39 Å². The third-order valence-corrected chi connectivity index (χ3v) is 4.49. The Morgan fingerprint density at radius 1 is 1.26 bits per heavy atom. The number of rotatable bonds is 1. The average molecular weight is 262 g/mol. The van der Waals surface area contributed by atoms with Gasteiger partial charge in [-0.15, -0.1) is 0 Å². The maximum atomic E-state index is 13.8. The van der Waals surface area contributed by atoms with Crippen LogP contribution in [0.5, 0.6) is 0 Å². The van der Waals surface area contributed by atoms with Gasteiger partial charge in [0.15, 0.2) is 0 Å². The molecule has 0 spiro atoms. The number of nitrogens with zero attached hydrogens (tertiary/aromatic N) is 1. The fourth-order valence-electron chi connectivity index (χ4n) is 3.52. The molecular formula is C15H19FN2O. The molecule has 1 aliphatic carbocycles. The van der Waals surface area contributed by atoms with E-state index in [9.17, 15) is 9.18 Å². The van der Waals surface area contributed by atoms with E-state index >= 15 is 0 Å². The van der Waals surface area contributed by atoms with Gasteiger partial charge in [0.1, 0.15) is 5.82 Å². The minimum Gasteiger partial charge on any atom is -0.399 e. The van der Waals surface area contributed by atoms with E-state index in [2.05, 4.69) is 0 Å². The molecular weight excluding hydrogens is 243 g/mol. The van der Waals surface area contributed by atoms with Gasteiger partial charge in [0.05, 0.1) is 5.56 Å². The molecule has 102 valence electrons. The van der Waals surface area contributed by atoms with Crippen LogP contribution in [0.3, 0.4) is 0 Å². The minimum absolute atomic E-state index is 0.117. The quantitative estimate of drug-likeness (QED) is 0.791. The molecule has 2 N–H and O–H groups in total. The number of hydrogen-bond acceptors (Lipinski definition) is 2. The number of hydrogen-bond donors (Lipinski definition) is 1. The maximum Gasteiger partial charge on any atom is 0.257 e. The molecule has 0 radical (unpaired) electrons. The molecule has 0 aromatic heterocycles. The van der Waals surface area contributed by atoms with Crippen LogP contribution in [0.15, 0.2) is 18.2 Å². The van der Waals surface area contributed by atoms with Gasteiger partial charge in [-0.3, -0.25) is 4.79 Å². The number of fused-ring (bicyclic) bond motifs is 1. The molecule has 3 rings (SSSR count). The summed E-state index contributed by atoms with van der Waals surface area (Å²) in [6, 6.07) is 4.52. The molecule has 19 heavy (non-hydrogen) atoms. The molecule has 4 heteroatoms. The van der Waals surface area contributed by atoms with E-state index in [0.29, 0.717) is 17.6 Å². The van der Waals surface area contributed by atoms with Crippen LogP contribution in [0, 0.1) is 11.7 Å². The monoisotopic (exact) mass is 262 g/mol. The van der Waals surface area contributed by atoms with E-state index in [-0.39, 0.29) is 11.5 Å². The minimum atomic E-state index is -0.474. The first-order valence-electron chi connectivity index (χ1n) is 7.03. The van der Waals surface area contributed by atoms with E-state index in [1.54, 1.807) is 0 Å². The highest BCUT2D eigenvalue weighted by atomic mass is 19.1. The molecule has 2 atom stereocenters. The zero-order chi connectivity index (χ0) is 13.4. The van der Waals surface area contributed by atoms with Crippen molar-refractivity contribution in [3.63, 3.8) is 0 Å². The first-order chi connectivity index (χ1) is 9.16. The number of likely N-dealkylation sites (tertiary alicyclic amines) is 1. The summed E-state index contributed by atoms with van der Waals surface area (Å²) in [5.74, 6) is -0.0560.